The molecule has 1 saturated heterocycles. The summed E-state index contributed by atoms with van der Waals surface area (Å²) in [7, 11) is -0.780. The number of halogens is 4. The van der Waals surface area contributed by atoms with Gasteiger partial charge in [-0.1, -0.05) is 13.3 Å². The fourth-order valence-electron chi connectivity index (χ4n) is 3.79. The van der Waals surface area contributed by atoms with Gasteiger partial charge in [0, 0.05) is 32.7 Å². The van der Waals surface area contributed by atoms with Crippen molar-refractivity contribution in [1.29, 1.82) is 0 Å². The van der Waals surface area contributed by atoms with Crippen LogP contribution in [0.3, 0.4) is 0 Å². The lowest BCUT2D eigenvalue weighted by atomic mass is 10.0. The van der Waals surface area contributed by atoms with Gasteiger partial charge in [0.25, 0.3) is 10.2 Å². The number of piperidine rings is 1. The minimum Gasteiger partial charge on any atom is -0.367 e. The quantitative estimate of drug-likeness (QED) is 0.771. The van der Waals surface area contributed by atoms with Crippen molar-refractivity contribution in [3.8, 4) is 0 Å². The van der Waals surface area contributed by atoms with Gasteiger partial charge in [0.15, 0.2) is 6.04 Å². The second-order valence-electron chi connectivity index (χ2n) is 7.35. The monoisotopic (exact) mass is 445 g/mol. The van der Waals surface area contributed by atoms with Gasteiger partial charge in [0.1, 0.15) is 5.82 Å². The van der Waals surface area contributed by atoms with Gasteiger partial charge in [-0.2, -0.15) is 35.3 Å². The van der Waals surface area contributed by atoms with Crippen molar-refractivity contribution in [2.75, 3.05) is 26.0 Å². The van der Waals surface area contributed by atoms with Crippen LogP contribution in [0.5, 0.6) is 0 Å². The van der Waals surface area contributed by atoms with Crippen LogP contribution in [0, 0.1) is 0 Å². The van der Waals surface area contributed by atoms with E-state index in [9.17, 15) is 21.6 Å². The van der Waals surface area contributed by atoms with Crippen LogP contribution in [-0.2, 0) is 10.2 Å². The summed E-state index contributed by atoms with van der Waals surface area (Å²) in [5.41, 5.74) is 0.369. The second kappa shape index (κ2) is 8.37. The van der Waals surface area contributed by atoms with Crippen molar-refractivity contribution >= 4 is 28.4 Å². The molecule has 7 nitrogen and oxygen atoms in total. The Bertz CT molecular complexity index is 784. The molecule has 0 aromatic carbocycles. The Morgan fingerprint density at radius 1 is 1.32 bits per heavy atom. The summed E-state index contributed by atoms with van der Waals surface area (Å²) in [5.74, 6) is 0.304. The van der Waals surface area contributed by atoms with E-state index in [0.717, 1.165) is 21.8 Å². The fourth-order valence-corrected chi connectivity index (χ4v) is 5.10. The van der Waals surface area contributed by atoms with Gasteiger partial charge in [0.2, 0.25) is 0 Å². The van der Waals surface area contributed by atoms with Crippen LogP contribution < -0.4 is 5.32 Å². The van der Waals surface area contributed by atoms with Gasteiger partial charge in [-0.3, -0.25) is 0 Å². The Morgan fingerprint density at radius 2 is 2.00 bits per heavy atom. The van der Waals surface area contributed by atoms with Crippen molar-refractivity contribution < 1.29 is 21.6 Å². The van der Waals surface area contributed by atoms with E-state index in [1.165, 1.54) is 18.4 Å². The molecule has 1 fully saturated rings. The van der Waals surface area contributed by atoms with Gasteiger partial charge in [-0.05, 0) is 25.7 Å². The molecule has 0 saturated carbocycles. The van der Waals surface area contributed by atoms with Crippen molar-refractivity contribution in [3.05, 3.63) is 11.8 Å². The van der Waals surface area contributed by atoms with E-state index in [0.29, 0.717) is 30.9 Å². The van der Waals surface area contributed by atoms with Crippen molar-refractivity contribution in [3.63, 3.8) is 0 Å². The molecule has 0 spiro atoms. The first-order valence-electron chi connectivity index (χ1n) is 9.17. The Labute approximate surface area is 169 Å². The molecule has 3 rings (SSSR count). The van der Waals surface area contributed by atoms with Crippen molar-refractivity contribution in [2.45, 2.75) is 63.3 Å². The lowest BCUT2D eigenvalue weighted by Crippen LogP contribution is -2.44. The van der Waals surface area contributed by atoms with Gasteiger partial charge < -0.3 is 5.32 Å². The maximum Gasteiger partial charge on any atom is 0.410 e. The number of rotatable bonds is 4. The molecule has 162 valence electrons. The number of hydrogen-bond donors (Lipinski definition) is 1. The van der Waals surface area contributed by atoms with E-state index in [-0.39, 0.29) is 24.9 Å². The predicted octanol–water partition coefficient (Wildman–Crippen LogP) is 3.34. The van der Waals surface area contributed by atoms with E-state index in [1.807, 2.05) is 6.92 Å². The largest absolute Gasteiger partial charge is 0.410 e. The fraction of sp³-hybridized carbons (Fsp3) is 0.812. The van der Waals surface area contributed by atoms with E-state index in [2.05, 4.69) is 10.4 Å². The summed E-state index contributed by atoms with van der Waals surface area (Å²) in [4.78, 5) is 0. The molecular weight excluding hydrogens is 419 g/mol. The van der Waals surface area contributed by atoms with Gasteiger partial charge in [-0.25, -0.2) is 4.68 Å². The Morgan fingerprint density at radius 3 is 2.57 bits per heavy atom. The van der Waals surface area contributed by atoms with Crippen molar-refractivity contribution in [1.82, 2.24) is 18.4 Å². The summed E-state index contributed by atoms with van der Waals surface area (Å²) in [6.45, 7) is 2.17. The molecule has 3 atom stereocenters. The lowest BCUT2D eigenvalue weighted by Gasteiger charge is -2.35. The third-order valence-corrected chi connectivity index (χ3v) is 7.29. The highest BCUT2D eigenvalue weighted by Crippen LogP contribution is 2.42. The zero-order chi connectivity index (χ0) is 20.0. The average molecular weight is 446 g/mol. The Balaban J connectivity index is 0.00000280. The number of nitrogens with zero attached hydrogens (tertiary/aromatic N) is 4. The third kappa shape index (κ3) is 4.27. The molecule has 0 amide bonds. The van der Waals surface area contributed by atoms with Crippen LogP contribution in [0.2, 0.25) is 0 Å². The van der Waals surface area contributed by atoms with E-state index in [1.54, 1.807) is 6.07 Å². The first kappa shape index (κ1) is 23.2. The molecule has 1 aromatic rings. The summed E-state index contributed by atoms with van der Waals surface area (Å²) < 4.78 is 69.4. The lowest BCUT2D eigenvalue weighted by molar-refractivity contribution is -0.173. The molecule has 0 aliphatic carbocycles. The van der Waals surface area contributed by atoms with Crippen LogP contribution in [0.15, 0.2) is 6.07 Å². The molecule has 12 heteroatoms. The molecular formula is C16H27ClF3N5O2S. The van der Waals surface area contributed by atoms with Gasteiger partial charge >= 0.3 is 6.18 Å². The molecule has 1 N–H and O–H groups in total. The maximum atomic E-state index is 13.6. The highest BCUT2D eigenvalue weighted by Gasteiger charge is 2.47. The summed E-state index contributed by atoms with van der Waals surface area (Å²) >= 11 is 0. The van der Waals surface area contributed by atoms with Crippen molar-refractivity contribution in [2.24, 2.45) is 0 Å². The molecule has 0 radical (unpaired) electrons. The van der Waals surface area contributed by atoms with Crippen LogP contribution >= 0.6 is 12.4 Å². The van der Waals surface area contributed by atoms with E-state index >= 15 is 0 Å². The molecule has 0 bridgehead atoms. The topological polar surface area (TPSA) is 70.5 Å². The number of hydrogen-bond acceptors (Lipinski definition) is 4. The zero-order valence-electron chi connectivity index (χ0n) is 16.1. The van der Waals surface area contributed by atoms with Gasteiger partial charge in [-0.15, -0.1) is 12.4 Å². The van der Waals surface area contributed by atoms with E-state index < -0.39 is 28.5 Å². The summed E-state index contributed by atoms with van der Waals surface area (Å²) in [5, 5.41) is 7.33. The molecule has 2 aliphatic heterocycles. The first-order chi connectivity index (χ1) is 12.6. The van der Waals surface area contributed by atoms with Gasteiger partial charge in [0.05, 0.1) is 11.7 Å². The molecule has 28 heavy (non-hydrogen) atoms. The third-order valence-electron chi connectivity index (χ3n) is 5.33. The van der Waals surface area contributed by atoms with Crippen LogP contribution in [-0.4, -0.2) is 59.7 Å². The number of fused-ring (bicyclic) bond motifs is 1. The normalized spacial score (nSPS) is 26.5. The first-order valence-corrected chi connectivity index (χ1v) is 10.6. The molecule has 1 aromatic heterocycles. The summed E-state index contributed by atoms with van der Waals surface area (Å²) in [6.07, 6.45) is -1.86. The molecule has 2 aliphatic rings. The number of nitrogens with one attached hydrogen (secondary N) is 1. The minimum atomic E-state index is -4.41. The van der Waals surface area contributed by atoms with Crippen LogP contribution in [0.25, 0.3) is 0 Å². The smallest absolute Gasteiger partial charge is 0.367 e. The molecule has 3 heterocycles. The standard InChI is InChI=1S/C16H26F3N5O2S.ClH/c1-4-11-9-14(16(17,18)19)24-15(20-11)10-12(21-24)13-7-5-6-8-23(13)27(25,26)22(2)3;/h10-11,13-14,20H,4-9H2,1-3H3;1H/t11-,13?,14-;/m1./s1. The number of alkyl halides is 3. The number of aromatic nitrogens is 2. The Kier molecular flexibility index (Phi) is 6.95. The predicted molar refractivity (Wildman–Crippen MR) is 103 cm³/mol. The number of anilines is 1. The highest BCUT2D eigenvalue weighted by molar-refractivity contribution is 7.86. The highest BCUT2D eigenvalue weighted by atomic mass is 35.5. The average Bonchev–Trinajstić information content (AvgIpc) is 3.03. The maximum absolute atomic E-state index is 13.6. The summed E-state index contributed by atoms with van der Waals surface area (Å²) in [6, 6.07) is -0.967. The van der Waals surface area contributed by atoms with E-state index in [4.69, 9.17) is 0 Å². The van der Waals surface area contributed by atoms with Crippen LogP contribution in [0.1, 0.15) is 56.8 Å². The second-order valence-corrected chi connectivity index (χ2v) is 9.45. The van der Waals surface area contributed by atoms with Crippen LogP contribution in [0.4, 0.5) is 19.0 Å². The minimum absolute atomic E-state index is 0. The SMILES string of the molecule is CC[C@@H]1C[C@H](C(F)(F)F)n2nc(C3CCCCN3S(=O)(=O)N(C)C)cc2N1.Cl. The Hall–Kier alpha value is -1.04. The molecule has 1 unspecified atom stereocenters. The zero-order valence-corrected chi connectivity index (χ0v) is 17.7.